The van der Waals surface area contributed by atoms with Crippen LogP contribution in [0.3, 0.4) is 0 Å². The van der Waals surface area contributed by atoms with Crippen LogP contribution in [0.2, 0.25) is 0 Å². The largest absolute Gasteiger partial charge is 0.395 e. The van der Waals surface area contributed by atoms with Gasteiger partial charge in [0.05, 0.1) is 6.61 Å². The van der Waals surface area contributed by atoms with Crippen LogP contribution in [0.4, 0.5) is 0 Å². The number of amides is 1. The lowest BCUT2D eigenvalue weighted by Gasteiger charge is -2.21. The molecule has 0 saturated carbocycles. The molecule has 1 unspecified atom stereocenters. The maximum Gasteiger partial charge on any atom is 0.221 e. The first-order valence-electron chi connectivity index (χ1n) is 4.62. The standard InChI is InChI=1S/C9H20N2O2/c1-6(2)8(5-12)11-4-7(3)9(10)13/h6-8,11-12H,4-5H2,1-3H3,(H2,10,13)/t7?,8-/m1/s1. The Bertz CT molecular complexity index is 160. The van der Waals surface area contributed by atoms with Crippen LogP contribution in [-0.2, 0) is 4.79 Å². The quantitative estimate of drug-likeness (QED) is 0.536. The third-order valence-electron chi connectivity index (χ3n) is 2.17. The van der Waals surface area contributed by atoms with E-state index in [1.54, 1.807) is 6.92 Å². The van der Waals surface area contributed by atoms with Crippen LogP contribution in [0, 0.1) is 11.8 Å². The maximum atomic E-state index is 10.7. The molecule has 4 nitrogen and oxygen atoms in total. The fourth-order valence-electron chi connectivity index (χ4n) is 0.940. The fourth-order valence-corrected chi connectivity index (χ4v) is 0.940. The molecule has 0 radical (unpaired) electrons. The number of primary amides is 1. The van der Waals surface area contributed by atoms with Gasteiger partial charge in [-0.3, -0.25) is 4.79 Å². The molecule has 2 atom stereocenters. The number of nitrogens with one attached hydrogen (secondary N) is 1. The van der Waals surface area contributed by atoms with Gasteiger partial charge in [0.1, 0.15) is 0 Å². The molecule has 0 bridgehead atoms. The van der Waals surface area contributed by atoms with E-state index in [2.05, 4.69) is 5.32 Å². The van der Waals surface area contributed by atoms with Gasteiger partial charge in [-0.25, -0.2) is 0 Å². The molecule has 0 saturated heterocycles. The number of nitrogens with two attached hydrogens (primary N) is 1. The average molecular weight is 188 g/mol. The summed E-state index contributed by atoms with van der Waals surface area (Å²) in [4.78, 5) is 10.7. The second-order valence-electron chi connectivity index (χ2n) is 3.74. The van der Waals surface area contributed by atoms with Crippen molar-refractivity contribution in [2.24, 2.45) is 17.6 Å². The Kier molecular flexibility index (Phi) is 5.66. The molecule has 0 fully saturated rings. The SMILES string of the molecule is CC(CN[C@H](CO)C(C)C)C(N)=O. The number of rotatable bonds is 6. The zero-order chi connectivity index (χ0) is 10.4. The Hall–Kier alpha value is -0.610. The highest BCUT2D eigenvalue weighted by Gasteiger charge is 2.14. The van der Waals surface area contributed by atoms with Gasteiger partial charge in [-0.2, -0.15) is 0 Å². The molecule has 0 heterocycles. The number of carbonyl (C=O) groups excluding carboxylic acids is 1. The van der Waals surface area contributed by atoms with E-state index in [-0.39, 0.29) is 24.5 Å². The molecular formula is C9H20N2O2. The molecule has 0 aromatic rings. The first kappa shape index (κ1) is 12.4. The number of hydrogen-bond acceptors (Lipinski definition) is 3. The van der Waals surface area contributed by atoms with Gasteiger partial charge >= 0.3 is 0 Å². The summed E-state index contributed by atoms with van der Waals surface area (Å²) >= 11 is 0. The van der Waals surface area contributed by atoms with E-state index in [0.29, 0.717) is 12.5 Å². The summed E-state index contributed by atoms with van der Waals surface area (Å²) in [7, 11) is 0. The summed E-state index contributed by atoms with van der Waals surface area (Å²) in [6.07, 6.45) is 0. The van der Waals surface area contributed by atoms with Gasteiger partial charge < -0.3 is 16.2 Å². The topological polar surface area (TPSA) is 75.3 Å². The summed E-state index contributed by atoms with van der Waals surface area (Å²) < 4.78 is 0. The Morgan fingerprint density at radius 1 is 1.46 bits per heavy atom. The first-order chi connectivity index (χ1) is 5.99. The van der Waals surface area contributed by atoms with Crippen LogP contribution in [0.25, 0.3) is 0 Å². The van der Waals surface area contributed by atoms with Crippen molar-refractivity contribution < 1.29 is 9.90 Å². The summed E-state index contributed by atoms with van der Waals surface area (Å²) in [5.41, 5.74) is 5.10. The minimum atomic E-state index is -0.312. The predicted molar refractivity (Wildman–Crippen MR) is 52.1 cm³/mol. The van der Waals surface area contributed by atoms with Crippen molar-refractivity contribution in [3.8, 4) is 0 Å². The fraction of sp³-hybridized carbons (Fsp3) is 0.889. The van der Waals surface area contributed by atoms with Crippen LogP contribution in [-0.4, -0.2) is 30.2 Å². The van der Waals surface area contributed by atoms with Gasteiger partial charge in [-0.1, -0.05) is 20.8 Å². The summed E-state index contributed by atoms with van der Waals surface area (Å²) in [5.74, 6) is -0.147. The monoisotopic (exact) mass is 188 g/mol. The van der Waals surface area contributed by atoms with Crippen molar-refractivity contribution in [1.82, 2.24) is 5.32 Å². The van der Waals surface area contributed by atoms with E-state index in [0.717, 1.165) is 0 Å². The zero-order valence-corrected chi connectivity index (χ0v) is 8.58. The number of hydrogen-bond donors (Lipinski definition) is 3. The highest BCUT2D eigenvalue weighted by Crippen LogP contribution is 2.01. The molecule has 0 aliphatic heterocycles. The first-order valence-corrected chi connectivity index (χ1v) is 4.62. The molecule has 4 heteroatoms. The van der Waals surface area contributed by atoms with E-state index in [4.69, 9.17) is 10.8 Å². The van der Waals surface area contributed by atoms with Crippen LogP contribution < -0.4 is 11.1 Å². The number of aliphatic hydroxyl groups excluding tert-OH is 1. The molecule has 78 valence electrons. The maximum absolute atomic E-state index is 10.7. The lowest BCUT2D eigenvalue weighted by Crippen LogP contribution is -2.41. The van der Waals surface area contributed by atoms with Crippen molar-refractivity contribution in [3.63, 3.8) is 0 Å². The van der Waals surface area contributed by atoms with Crippen molar-refractivity contribution >= 4 is 5.91 Å². The summed E-state index contributed by atoms with van der Waals surface area (Å²) in [6.45, 7) is 6.41. The zero-order valence-electron chi connectivity index (χ0n) is 8.58. The van der Waals surface area contributed by atoms with Crippen molar-refractivity contribution in [3.05, 3.63) is 0 Å². The molecule has 0 aromatic carbocycles. The Balaban J connectivity index is 3.78. The van der Waals surface area contributed by atoms with E-state index in [1.807, 2.05) is 13.8 Å². The lowest BCUT2D eigenvalue weighted by molar-refractivity contribution is -0.121. The molecule has 13 heavy (non-hydrogen) atoms. The predicted octanol–water partition coefficient (Wildman–Crippen LogP) is -0.286. The molecule has 0 spiro atoms. The van der Waals surface area contributed by atoms with Crippen LogP contribution >= 0.6 is 0 Å². The van der Waals surface area contributed by atoms with Gasteiger partial charge in [-0.05, 0) is 5.92 Å². The normalized spacial score (nSPS) is 15.8. The smallest absolute Gasteiger partial charge is 0.221 e. The minimum absolute atomic E-state index is 0.0433. The van der Waals surface area contributed by atoms with Crippen LogP contribution in [0.5, 0.6) is 0 Å². The van der Waals surface area contributed by atoms with Gasteiger partial charge in [0.25, 0.3) is 0 Å². The molecule has 0 aromatic heterocycles. The summed E-state index contributed by atoms with van der Waals surface area (Å²) in [6, 6.07) is 0.0433. The van der Waals surface area contributed by atoms with Crippen molar-refractivity contribution in [1.29, 1.82) is 0 Å². The third kappa shape index (κ3) is 4.85. The van der Waals surface area contributed by atoms with E-state index in [9.17, 15) is 4.79 Å². The molecule has 0 rings (SSSR count). The van der Waals surface area contributed by atoms with E-state index < -0.39 is 0 Å². The van der Waals surface area contributed by atoms with Crippen LogP contribution in [0.15, 0.2) is 0 Å². The van der Waals surface area contributed by atoms with Crippen molar-refractivity contribution in [2.45, 2.75) is 26.8 Å². The highest BCUT2D eigenvalue weighted by atomic mass is 16.3. The third-order valence-corrected chi connectivity index (χ3v) is 2.17. The second kappa shape index (κ2) is 5.94. The molecular weight excluding hydrogens is 168 g/mol. The number of carbonyl (C=O) groups is 1. The minimum Gasteiger partial charge on any atom is -0.395 e. The molecule has 4 N–H and O–H groups in total. The summed E-state index contributed by atoms with van der Waals surface area (Å²) in [5, 5.41) is 12.1. The Labute approximate surface area is 79.5 Å². The van der Waals surface area contributed by atoms with Crippen molar-refractivity contribution in [2.75, 3.05) is 13.2 Å². The molecule has 1 amide bonds. The van der Waals surface area contributed by atoms with E-state index >= 15 is 0 Å². The van der Waals surface area contributed by atoms with Gasteiger partial charge in [-0.15, -0.1) is 0 Å². The lowest BCUT2D eigenvalue weighted by atomic mass is 10.0. The molecule has 0 aliphatic carbocycles. The Morgan fingerprint density at radius 2 is 2.00 bits per heavy atom. The number of aliphatic hydroxyl groups is 1. The second-order valence-corrected chi connectivity index (χ2v) is 3.74. The van der Waals surface area contributed by atoms with Gasteiger partial charge in [0, 0.05) is 18.5 Å². The van der Waals surface area contributed by atoms with Crippen LogP contribution in [0.1, 0.15) is 20.8 Å². The molecule has 0 aliphatic rings. The van der Waals surface area contributed by atoms with Gasteiger partial charge in [0.15, 0.2) is 0 Å². The highest BCUT2D eigenvalue weighted by molar-refractivity contribution is 5.76. The van der Waals surface area contributed by atoms with Gasteiger partial charge in [0.2, 0.25) is 5.91 Å². The average Bonchev–Trinajstić information content (AvgIpc) is 2.04. The van der Waals surface area contributed by atoms with E-state index in [1.165, 1.54) is 0 Å². The Morgan fingerprint density at radius 3 is 2.31 bits per heavy atom.